The first-order chi connectivity index (χ1) is 15.5. The number of nitrogens with one attached hydrogen (secondary N) is 1. The first-order valence-corrected chi connectivity index (χ1v) is 11.3. The zero-order valence-electron chi connectivity index (χ0n) is 18.5. The molecule has 2 aromatic carbocycles. The number of alkyl halides is 2. The van der Waals surface area contributed by atoms with Gasteiger partial charge in [-0.05, 0) is 37.4 Å². The van der Waals surface area contributed by atoms with Crippen LogP contribution in [0.4, 0.5) is 8.78 Å². The summed E-state index contributed by atoms with van der Waals surface area (Å²) in [6, 6.07) is 12.7. The number of halogens is 2. The Labute approximate surface area is 189 Å². The van der Waals surface area contributed by atoms with Crippen LogP contribution >= 0.6 is 0 Å². The Hall–Kier alpha value is -2.06. The van der Waals surface area contributed by atoms with Crippen molar-refractivity contribution < 1.29 is 28.8 Å². The molecule has 178 valence electrons. The molecule has 0 radical (unpaired) electrons. The molecule has 2 rings (SSSR count). The van der Waals surface area contributed by atoms with Crippen LogP contribution in [-0.2, 0) is 17.3 Å². The lowest BCUT2D eigenvalue weighted by atomic mass is 10.0. The highest BCUT2D eigenvalue weighted by Gasteiger charge is 2.30. The predicted molar refractivity (Wildman–Crippen MR) is 121 cm³/mol. The van der Waals surface area contributed by atoms with Gasteiger partial charge in [-0.3, -0.25) is 0 Å². The number of hydrogen-bond donors (Lipinski definition) is 4. The van der Waals surface area contributed by atoms with Crippen LogP contribution in [0.3, 0.4) is 0 Å². The smallest absolute Gasteiger partial charge is 0.273 e. The van der Waals surface area contributed by atoms with Gasteiger partial charge in [-0.2, -0.15) is 0 Å². The number of aliphatic hydroxyl groups is 2. The van der Waals surface area contributed by atoms with Crippen molar-refractivity contribution in [2.24, 2.45) is 0 Å². The maximum absolute atomic E-state index is 14.0. The monoisotopic (exact) mass is 451 g/mol. The second-order valence-electron chi connectivity index (χ2n) is 7.92. The number of hydrogen-bond acceptors (Lipinski definition) is 5. The van der Waals surface area contributed by atoms with E-state index < -0.39 is 12.0 Å². The molecule has 0 fully saturated rings. The van der Waals surface area contributed by atoms with Crippen molar-refractivity contribution in [3.63, 3.8) is 0 Å². The summed E-state index contributed by atoms with van der Waals surface area (Å²) < 4.78 is 33.6. The summed E-state index contributed by atoms with van der Waals surface area (Å²) in [5.74, 6) is -2.83. The minimum absolute atomic E-state index is 0.0174. The molecule has 0 aliphatic rings. The van der Waals surface area contributed by atoms with E-state index in [9.17, 15) is 24.1 Å². The van der Waals surface area contributed by atoms with Gasteiger partial charge in [0.15, 0.2) is 0 Å². The van der Waals surface area contributed by atoms with Gasteiger partial charge in [0.1, 0.15) is 5.75 Å². The largest absolute Gasteiger partial charge is 0.508 e. The summed E-state index contributed by atoms with van der Waals surface area (Å²) in [6.45, 7) is 1.68. The highest BCUT2D eigenvalue weighted by Crippen LogP contribution is 2.32. The van der Waals surface area contributed by atoms with E-state index in [4.69, 9.17) is 4.74 Å². The van der Waals surface area contributed by atoms with Gasteiger partial charge >= 0.3 is 0 Å². The van der Waals surface area contributed by atoms with E-state index in [2.05, 4.69) is 5.32 Å². The van der Waals surface area contributed by atoms with Gasteiger partial charge in [-0.15, -0.1) is 0 Å². The van der Waals surface area contributed by atoms with E-state index in [1.54, 1.807) is 30.3 Å². The number of ether oxygens (including phenoxy) is 1. The molecule has 0 amide bonds. The Morgan fingerprint density at radius 3 is 2.38 bits per heavy atom. The van der Waals surface area contributed by atoms with Crippen molar-refractivity contribution in [2.45, 2.75) is 57.2 Å². The van der Waals surface area contributed by atoms with Crippen molar-refractivity contribution in [2.75, 3.05) is 26.3 Å². The fourth-order valence-corrected chi connectivity index (χ4v) is 3.56. The summed E-state index contributed by atoms with van der Waals surface area (Å²) in [6.07, 6.45) is 3.15. The van der Waals surface area contributed by atoms with E-state index in [0.717, 1.165) is 32.2 Å². The van der Waals surface area contributed by atoms with Gasteiger partial charge in [0.2, 0.25) is 0 Å². The van der Waals surface area contributed by atoms with Gasteiger partial charge in [0.05, 0.1) is 12.7 Å². The first-order valence-electron chi connectivity index (χ1n) is 11.3. The van der Waals surface area contributed by atoms with Gasteiger partial charge < -0.3 is 25.4 Å². The quantitative estimate of drug-likeness (QED) is 0.279. The molecule has 0 spiro atoms. The third-order valence-electron chi connectivity index (χ3n) is 5.41. The molecular weight excluding hydrogens is 416 g/mol. The van der Waals surface area contributed by atoms with Crippen LogP contribution in [0.15, 0.2) is 48.5 Å². The number of benzene rings is 2. The molecule has 2 aromatic rings. The molecule has 7 heteroatoms. The summed E-state index contributed by atoms with van der Waals surface area (Å²) >= 11 is 0. The Morgan fingerprint density at radius 1 is 0.906 bits per heavy atom. The van der Waals surface area contributed by atoms with E-state index >= 15 is 0 Å². The van der Waals surface area contributed by atoms with Crippen LogP contribution < -0.4 is 5.32 Å². The van der Waals surface area contributed by atoms with Crippen LogP contribution in [-0.4, -0.2) is 41.6 Å². The van der Waals surface area contributed by atoms with Gasteiger partial charge in [0, 0.05) is 37.3 Å². The molecule has 0 bridgehead atoms. The Balaban J connectivity index is 1.45. The van der Waals surface area contributed by atoms with Crippen molar-refractivity contribution in [3.05, 3.63) is 65.2 Å². The zero-order chi connectivity index (χ0) is 23.2. The van der Waals surface area contributed by atoms with Gasteiger partial charge in [-0.25, -0.2) is 8.78 Å². The third-order valence-corrected chi connectivity index (χ3v) is 5.41. The minimum atomic E-state index is -2.81. The molecule has 1 atom stereocenters. The van der Waals surface area contributed by atoms with E-state index in [-0.39, 0.29) is 24.3 Å². The first kappa shape index (κ1) is 26.2. The highest BCUT2D eigenvalue weighted by molar-refractivity contribution is 5.40. The molecule has 5 nitrogen and oxygen atoms in total. The minimum Gasteiger partial charge on any atom is -0.508 e. The van der Waals surface area contributed by atoms with Crippen molar-refractivity contribution in [1.82, 2.24) is 5.32 Å². The average molecular weight is 452 g/mol. The maximum Gasteiger partial charge on any atom is 0.273 e. The summed E-state index contributed by atoms with van der Waals surface area (Å²) in [4.78, 5) is 0. The number of unbranched alkanes of at least 4 members (excludes halogenated alkanes) is 3. The van der Waals surface area contributed by atoms with Gasteiger partial charge in [-0.1, -0.05) is 55.3 Å². The van der Waals surface area contributed by atoms with E-state index in [0.29, 0.717) is 37.3 Å². The number of rotatable bonds is 16. The molecule has 0 heterocycles. The average Bonchev–Trinajstić information content (AvgIpc) is 2.80. The Bertz CT molecular complexity index is 774. The van der Waals surface area contributed by atoms with Crippen LogP contribution in [0, 0.1) is 0 Å². The lowest BCUT2D eigenvalue weighted by Gasteiger charge is -2.16. The summed E-state index contributed by atoms with van der Waals surface area (Å²) in [5, 5.41) is 32.6. The van der Waals surface area contributed by atoms with Crippen LogP contribution in [0.1, 0.15) is 61.3 Å². The lowest BCUT2D eigenvalue weighted by molar-refractivity contribution is -0.0226. The standard InChI is InChI=1S/C25H35F2NO4/c26-25(27,20-10-4-3-5-11-20)14-9-17-32-16-7-2-1-6-15-28-18-24(31)21-12-8-13-23(30)22(21)19-29/h3-5,8,10-13,24,28-31H,1-2,6-7,9,14-19H2. The highest BCUT2D eigenvalue weighted by atomic mass is 19.3. The second kappa shape index (κ2) is 14.2. The fraction of sp³-hybridized carbons (Fsp3) is 0.520. The van der Waals surface area contributed by atoms with E-state index in [1.165, 1.54) is 18.2 Å². The number of aromatic hydroxyl groups is 1. The Kier molecular flexibility index (Phi) is 11.6. The fourth-order valence-electron chi connectivity index (χ4n) is 3.56. The third kappa shape index (κ3) is 8.82. The van der Waals surface area contributed by atoms with Crippen molar-refractivity contribution in [3.8, 4) is 5.75 Å². The second-order valence-corrected chi connectivity index (χ2v) is 7.92. The molecule has 4 N–H and O–H groups in total. The van der Waals surface area contributed by atoms with Crippen LogP contribution in [0.2, 0.25) is 0 Å². The number of phenols is 1. The predicted octanol–water partition coefficient (Wildman–Crippen LogP) is 4.66. The van der Waals surface area contributed by atoms with Crippen LogP contribution in [0.5, 0.6) is 5.75 Å². The molecule has 1 unspecified atom stereocenters. The Morgan fingerprint density at radius 2 is 1.62 bits per heavy atom. The van der Waals surface area contributed by atoms with Crippen molar-refractivity contribution >= 4 is 0 Å². The molecule has 0 aliphatic heterocycles. The zero-order valence-corrected chi connectivity index (χ0v) is 18.5. The van der Waals surface area contributed by atoms with Crippen LogP contribution in [0.25, 0.3) is 0 Å². The summed E-state index contributed by atoms with van der Waals surface area (Å²) in [5.41, 5.74) is 0.932. The van der Waals surface area contributed by atoms with Gasteiger partial charge in [0.25, 0.3) is 5.92 Å². The molecule has 0 aliphatic carbocycles. The van der Waals surface area contributed by atoms with E-state index in [1.807, 2.05) is 0 Å². The number of aliphatic hydroxyl groups excluding tert-OH is 2. The normalized spacial score (nSPS) is 12.8. The molecule has 32 heavy (non-hydrogen) atoms. The van der Waals surface area contributed by atoms with Crippen molar-refractivity contribution in [1.29, 1.82) is 0 Å². The SMILES string of the molecule is OCc1c(O)cccc1C(O)CNCCCCCCOCCCC(F)(F)c1ccccc1. The maximum atomic E-state index is 14.0. The topological polar surface area (TPSA) is 82.0 Å². The lowest BCUT2D eigenvalue weighted by Crippen LogP contribution is -2.23. The molecule has 0 aromatic heterocycles. The molecule has 0 saturated carbocycles. The molecule has 0 saturated heterocycles. The molecular formula is C25H35F2NO4. The summed E-state index contributed by atoms with van der Waals surface area (Å²) in [7, 11) is 0.